The SMILES string of the molecule is O=C(Nc1cc2c[n+](O)c(-c3ccccc3Cl)cc2cn1)C1CC1. The van der Waals surface area contributed by atoms with Crippen molar-refractivity contribution in [1.29, 1.82) is 0 Å². The summed E-state index contributed by atoms with van der Waals surface area (Å²) >= 11 is 6.21. The fourth-order valence-corrected chi connectivity index (χ4v) is 2.87. The molecule has 2 heterocycles. The Balaban J connectivity index is 1.73. The number of aromatic nitrogens is 2. The van der Waals surface area contributed by atoms with Gasteiger partial charge in [0.25, 0.3) is 5.69 Å². The molecule has 2 N–H and O–H groups in total. The highest BCUT2D eigenvalue weighted by atomic mass is 35.5. The third kappa shape index (κ3) is 2.78. The number of halogens is 1. The lowest BCUT2D eigenvalue weighted by Gasteiger charge is -2.05. The molecule has 1 aliphatic carbocycles. The van der Waals surface area contributed by atoms with Gasteiger partial charge in [-0.2, -0.15) is 0 Å². The first-order valence-corrected chi connectivity index (χ1v) is 8.10. The molecule has 2 aromatic heterocycles. The second-order valence-corrected chi connectivity index (χ2v) is 6.35. The van der Waals surface area contributed by atoms with Crippen molar-refractivity contribution in [2.75, 3.05) is 5.32 Å². The average molecular weight is 341 g/mol. The number of nitrogens with one attached hydrogen (secondary N) is 1. The van der Waals surface area contributed by atoms with Crippen LogP contribution in [0.5, 0.6) is 0 Å². The first-order chi connectivity index (χ1) is 11.6. The van der Waals surface area contributed by atoms with Crippen molar-refractivity contribution in [2.45, 2.75) is 12.8 Å². The lowest BCUT2D eigenvalue weighted by molar-refractivity contribution is -0.895. The monoisotopic (exact) mass is 340 g/mol. The lowest BCUT2D eigenvalue weighted by Crippen LogP contribution is -2.32. The largest absolute Gasteiger partial charge is 0.310 e. The van der Waals surface area contributed by atoms with Gasteiger partial charge in [-0.15, -0.1) is 0 Å². The van der Waals surface area contributed by atoms with Gasteiger partial charge in [-0.1, -0.05) is 23.7 Å². The smallest absolute Gasteiger partial charge is 0.266 e. The normalized spacial score (nSPS) is 13.9. The number of rotatable bonds is 3. The van der Waals surface area contributed by atoms with E-state index < -0.39 is 0 Å². The van der Waals surface area contributed by atoms with Gasteiger partial charge >= 0.3 is 0 Å². The Morgan fingerprint density at radius 1 is 1.25 bits per heavy atom. The fourth-order valence-electron chi connectivity index (χ4n) is 2.64. The maximum Gasteiger partial charge on any atom is 0.266 e. The van der Waals surface area contributed by atoms with Crippen LogP contribution in [0.3, 0.4) is 0 Å². The molecule has 6 heteroatoms. The fraction of sp³-hybridized carbons (Fsp3) is 0.167. The molecule has 0 unspecified atom stereocenters. The molecule has 1 fully saturated rings. The van der Waals surface area contributed by atoms with Gasteiger partial charge in [0.05, 0.1) is 16.0 Å². The zero-order valence-corrected chi connectivity index (χ0v) is 13.5. The van der Waals surface area contributed by atoms with Gasteiger partial charge < -0.3 is 5.32 Å². The molecule has 1 amide bonds. The van der Waals surface area contributed by atoms with E-state index in [0.29, 0.717) is 16.5 Å². The standard InChI is InChI=1S/C18H14ClN3O2/c19-15-4-2-1-3-14(15)16-7-12-9-20-17(8-13(12)10-22(16)24)21-18(23)11-5-6-11/h1-4,7-11H,5-6H2,(H-,20,21,23,24)/p+1. The van der Waals surface area contributed by atoms with E-state index in [9.17, 15) is 10.0 Å². The summed E-state index contributed by atoms with van der Waals surface area (Å²) in [5.74, 6) is 0.615. The van der Waals surface area contributed by atoms with Gasteiger partial charge in [0.15, 0.2) is 0 Å². The van der Waals surface area contributed by atoms with Crippen molar-refractivity contribution in [2.24, 2.45) is 5.92 Å². The first kappa shape index (κ1) is 14.9. The van der Waals surface area contributed by atoms with Crippen LogP contribution in [0.1, 0.15) is 12.8 Å². The number of hydrogen-bond acceptors (Lipinski definition) is 3. The van der Waals surface area contributed by atoms with Crippen LogP contribution in [-0.2, 0) is 4.79 Å². The molecule has 0 spiro atoms. The maximum atomic E-state index is 11.8. The maximum absolute atomic E-state index is 11.8. The van der Waals surface area contributed by atoms with E-state index in [4.69, 9.17) is 11.6 Å². The molecule has 1 aromatic carbocycles. The summed E-state index contributed by atoms with van der Waals surface area (Å²) < 4.78 is 1.04. The third-order valence-corrected chi connectivity index (χ3v) is 4.45. The minimum atomic E-state index is 0.00594. The highest BCUT2D eigenvalue weighted by Crippen LogP contribution is 2.30. The van der Waals surface area contributed by atoms with Crippen LogP contribution in [-0.4, -0.2) is 16.1 Å². The van der Waals surface area contributed by atoms with Crippen LogP contribution in [0, 0.1) is 5.92 Å². The van der Waals surface area contributed by atoms with Crippen LogP contribution >= 0.6 is 11.6 Å². The van der Waals surface area contributed by atoms with E-state index >= 15 is 0 Å². The molecular formula is C18H15ClN3O2+. The molecule has 0 saturated heterocycles. The molecule has 5 nitrogen and oxygen atoms in total. The zero-order valence-electron chi connectivity index (χ0n) is 12.7. The predicted octanol–water partition coefficient (Wildman–Crippen LogP) is 3.43. The number of amides is 1. The molecule has 0 radical (unpaired) electrons. The van der Waals surface area contributed by atoms with Crippen LogP contribution < -0.4 is 10.0 Å². The molecule has 3 aromatic rings. The lowest BCUT2D eigenvalue weighted by atomic mass is 10.1. The van der Waals surface area contributed by atoms with Crippen LogP contribution in [0.25, 0.3) is 22.0 Å². The van der Waals surface area contributed by atoms with E-state index in [1.54, 1.807) is 24.5 Å². The van der Waals surface area contributed by atoms with Crippen molar-refractivity contribution < 1.29 is 14.7 Å². The summed E-state index contributed by atoms with van der Waals surface area (Å²) in [6.07, 6.45) is 5.15. The van der Waals surface area contributed by atoms with E-state index in [-0.39, 0.29) is 11.8 Å². The Morgan fingerprint density at radius 2 is 2.04 bits per heavy atom. The predicted molar refractivity (Wildman–Crippen MR) is 90.9 cm³/mol. The number of benzene rings is 1. The van der Waals surface area contributed by atoms with Crippen molar-refractivity contribution >= 4 is 34.1 Å². The summed E-state index contributed by atoms with van der Waals surface area (Å²) in [4.78, 5) is 16.1. The van der Waals surface area contributed by atoms with E-state index in [1.807, 2.05) is 24.3 Å². The zero-order chi connectivity index (χ0) is 16.7. The van der Waals surface area contributed by atoms with Gasteiger partial charge in [0.2, 0.25) is 12.1 Å². The molecule has 0 bridgehead atoms. The van der Waals surface area contributed by atoms with E-state index in [0.717, 1.165) is 33.9 Å². The number of hydrogen-bond donors (Lipinski definition) is 2. The van der Waals surface area contributed by atoms with Crippen molar-refractivity contribution in [3.63, 3.8) is 0 Å². The Hall–Kier alpha value is -2.66. The number of carbonyl (C=O) groups excluding carboxylic acids is 1. The first-order valence-electron chi connectivity index (χ1n) is 7.72. The minimum Gasteiger partial charge on any atom is -0.310 e. The van der Waals surface area contributed by atoms with E-state index in [1.165, 1.54) is 0 Å². The summed E-state index contributed by atoms with van der Waals surface area (Å²) in [7, 11) is 0. The third-order valence-electron chi connectivity index (χ3n) is 4.12. The van der Waals surface area contributed by atoms with Crippen molar-refractivity contribution in [3.8, 4) is 11.3 Å². The van der Waals surface area contributed by atoms with Gasteiger partial charge in [0, 0.05) is 28.3 Å². The second-order valence-electron chi connectivity index (χ2n) is 5.95. The number of carbonyl (C=O) groups is 1. The summed E-state index contributed by atoms with van der Waals surface area (Å²) in [5.41, 5.74) is 1.30. The summed E-state index contributed by atoms with van der Waals surface area (Å²) in [5, 5.41) is 15.3. The Labute approximate surface area is 143 Å². The number of anilines is 1. The van der Waals surface area contributed by atoms with Gasteiger partial charge in [0.1, 0.15) is 5.82 Å². The highest BCUT2D eigenvalue weighted by molar-refractivity contribution is 6.33. The Kier molecular flexibility index (Phi) is 3.58. The molecule has 4 rings (SSSR count). The Bertz CT molecular complexity index is 954. The summed E-state index contributed by atoms with van der Waals surface area (Å²) in [6, 6.07) is 10.9. The van der Waals surface area contributed by atoms with Gasteiger partial charge in [-0.3, -0.25) is 10.0 Å². The molecule has 0 atom stereocenters. The number of fused-ring (bicyclic) bond motifs is 1. The van der Waals surface area contributed by atoms with Gasteiger partial charge in [-0.25, -0.2) is 4.98 Å². The second kappa shape index (κ2) is 5.76. The minimum absolute atomic E-state index is 0.00594. The van der Waals surface area contributed by atoms with Crippen LogP contribution in [0.4, 0.5) is 5.82 Å². The molecule has 1 aliphatic rings. The highest BCUT2D eigenvalue weighted by Gasteiger charge is 2.29. The number of pyridine rings is 2. The van der Waals surface area contributed by atoms with Crippen LogP contribution in [0.2, 0.25) is 5.02 Å². The van der Waals surface area contributed by atoms with Crippen LogP contribution in [0.15, 0.2) is 48.8 Å². The van der Waals surface area contributed by atoms with Gasteiger partial charge in [-0.05, 0) is 31.0 Å². The number of nitrogens with zero attached hydrogens (tertiary/aromatic N) is 2. The average Bonchev–Trinajstić information content (AvgIpc) is 3.40. The molecular weight excluding hydrogens is 326 g/mol. The van der Waals surface area contributed by atoms with Crippen molar-refractivity contribution in [3.05, 3.63) is 53.8 Å². The van der Waals surface area contributed by atoms with Crippen molar-refractivity contribution in [1.82, 2.24) is 4.98 Å². The summed E-state index contributed by atoms with van der Waals surface area (Å²) in [6.45, 7) is 0. The molecule has 0 aliphatic heterocycles. The molecule has 1 saturated carbocycles. The molecule has 120 valence electrons. The Morgan fingerprint density at radius 3 is 2.79 bits per heavy atom. The van der Waals surface area contributed by atoms with E-state index in [2.05, 4.69) is 10.3 Å². The topological polar surface area (TPSA) is 66.1 Å². The quantitative estimate of drug-likeness (QED) is 0.567. The molecule has 24 heavy (non-hydrogen) atoms.